The Labute approximate surface area is 498 Å². The second-order valence-corrected chi connectivity index (χ2v) is 24.1. The van der Waals surface area contributed by atoms with Crippen LogP contribution in [0.4, 0.5) is 0 Å². The SMILES string of the molecule is CCCCCC/C=C\CCCCCCCC(=O)OCC(COC(=O)CCCCCCCCCCCCCCCCCCCCC/C=C\C/C=C\CCCCCCC)OC(=O)CCCCCCCCC/C=C\CCCCCCCCC. The first kappa shape index (κ1) is 77.4. The van der Waals surface area contributed by atoms with Crippen molar-refractivity contribution in [2.45, 2.75) is 393 Å². The van der Waals surface area contributed by atoms with Crippen LogP contribution >= 0.6 is 0 Å². The molecule has 1 unspecified atom stereocenters. The molecule has 0 N–H and O–H groups in total. The molecule has 1 atom stereocenters. The second kappa shape index (κ2) is 68.9. The fraction of sp³-hybridized carbons (Fsp3) is 0.851. The molecule has 0 fully saturated rings. The van der Waals surface area contributed by atoms with E-state index in [4.69, 9.17) is 14.2 Å². The Kier molecular flexibility index (Phi) is 66.6. The van der Waals surface area contributed by atoms with E-state index >= 15 is 0 Å². The zero-order valence-electron chi connectivity index (χ0n) is 53.9. The first-order chi connectivity index (χ1) is 39.5. The summed E-state index contributed by atoms with van der Waals surface area (Å²) in [7, 11) is 0. The van der Waals surface area contributed by atoms with Gasteiger partial charge in [-0.05, 0) is 103 Å². The Morgan fingerprint density at radius 3 is 0.713 bits per heavy atom. The van der Waals surface area contributed by atoms with Crippen LogP contribution in [0, 0.1) is 0 Å². The minimum Gasteiger partial charge on any atom is -0.462 e. The van der Waals surface area contributed by atoms with Gasteiger partial charge in [-0.1, -0.05) is 313 Å². The van der Waals surface area contributed by atoms with E-state index in [-0.39, 0.29) is 31.1 Å². The molecule has 0 saturated heterocycles. The van der Waals surface area contributed by atoms with Gasteiger partial charge in [0.25, 0.3) is 0 Å². The van der Waals surface area contributed by atoms with Crippen LogP contribution in [0.1, 0.15) is 387 Å². The zero-order chi connectivity index (χ0) is 57.8. The van der Waals surface area contributed by atoms with Gasteiger partial charge in [0.05, 0.1) is 0 Å². The molecule has 0 amide bonds. The summed E-state index contributed by atoms with van der Waals surface area (Å²) in [6.45, 7) is 6.66. The number of hydrogen-bond acceptors (Lipinski definition) is 6. The fourth-order valence-corrected chi connectivity index (χ4v) is 10.6. The van der Waals surface area contributed by atoms with Gasteiger partial charge >= 0.3 is 17.9 Å². The van der Waals surface area contributed by atoms with Crippen molar-refractivity contribution < 1.29 is 28.6 Å². The molecule has 6 heteroatoms. The third-order valence-corrected chi connectivity index (χ3v) is 16.0. The molecular formula is C74H136O6. The van der Waals surface area contributed by atoms with Crippen molar-refractivity contribution in [1.29, 1.82) is 0 Å². The predicted molar refractivity (Wildman–Crippen MR) is 349 cm³/mol. The Hall–Kier alpha value is -2.63. The first-order valence-corrected chi connectivity index (χ1v) is 35.6. The molecule has 0 aromatic rings. The molecule has 0 rings (SSSR count). The molecule has 0 aromatic heterocycles. The topological polar surface area (TPSA) is 78.9 Å². The van der Waals surface area contributed by atoms with Crippen molar-refractivity contribution in [1.82, 2.24) is 0 Å². The molecule has 0 aromatic carbocycles. The summed E-state index contributed by atoms with van der Waals surface area (Å²) < 4.78 is 17.0. The molecule has 0 bridgehead atoms. The number of esters is 3. The van der Waals surface area contributed by atoms with Crippen molar-refractivity contribution in [3.05, 3.63) is 48.6 Å². The van der Waals surface area contributed by atoms with Crippen LogP contribution in [0.5, 0.6) is 0 Å². The van der Waals surface area contributed by atoms with Gasteiger partial charge in [0.2, 0.25) is 0 Å². The number of unbranched alkanes of at least 4 members (excludes halogenated alkanes) is 47. The van der Waals surface area contributed by atoms with Crippen molar-refractivity contribution in [3.8, 4) is 0 Å². The molecule has 0 spiro atoms. The fourth-order valence-electron chi connectivity index (χ4n) is 10.6. The van der Waals surface area contributed by atoms with Gasteiger partial charge in [-0.15, -0.1) is 0 Å². The van der Waals surface area contributed by atoms with E-state index in [0.717, 1.165) is 70.6 Å². The minimum absolute atomic E-state index is 0.0732. The largest absolute Gasteiger partial charge is 0.462 e. The van der Waals surface area contributed by atoms with Crippen LogP contribution in [-0.2, 0) is 28.6 Å². The van der Waals surface area contributed by atoms with Crippen LogP contribution in [0.3, 0.4) is 0 Å². The van der Waals surface area contributed by atoms with Crippen LogP contribution in [0.25, 0.3) is 0 Å². The minimum atomic E-state index is -0.778. The zero-order valence-corrected chi connectivity index (χ0v) is 53.9. The number of carbonyl (C=O) groups excluding carboxylic acids is 3. The molecule has 6 nitrogen and oxygen atoms in total. The second-order valence-electron chi connectivity index (χ2n) is 24.1. The molecular weight excluding hydrogens is 985 g/mol. The molecule has 0 heterocycles. The molecule has 80 heavy (non-hydrogen) atoms. The monoisotopic (exact) mass is 1120 g/mol. The number of rotatable bonds is 66. The van der Waals surface area contributed by atoms with E-state index < -0.39 is 6.10 Å². The van der Waals surface area contributed by atoms with Crippen molar-refractivity contribution in [3.63, 3.8) is 0 Å². The Morgan fingerprint density at radius 2 is 0.450 bits per heavy atom. The van der Waals surface area contributed by atoms with Gasteiger partial charge in [-0.3, -0.25) is 14.4 Å². The van der Waals surface area contributed by atoms with Gasteiger partial charge < -0.3 is 14.2 Å². The number of ether oxygens (including phenoxy) is 3. The van der Waals surface area contributed by atoms with Crippen LogP contribution < -0.4 is 0 Å². The highest BCUT2D eigenvalue weighted by Gasteiger charge is 2.19. The highest BCUT2D eigenvalue weighted by Crippen LogP contribution is 2.18. The molecule has 0 saturated carbocycles. The number of carbonyl (C=O) groups is 3. The maximum Gasteiger partial charge on any atom is 0.306 e. The van der Waals surface area contributed by atoms with E-state index in [2.05, 4.69) is 69.4 Å². The van der Waals surface area contributed by atoms with Crippen molar-refractivity contribution in [2.75, 3.05) is 13.2 Å². The summed E-state index contributed by atoms with van der Waals surface area (Å²) >= 11 is 0. The predicted octanol–water partition coefficient (Wildman–Crippen LogP) is 24.5. The van der Waals surface area contributed by atoms with E-state index in [1.54, 1.807) is 0 Å². The van der Waals surface area contributed by atoms with Gasteiger partial charge in [-0.2, -0.15) is 0 Å². The lowest BCUT2D eigenvalue weighted by molar-refractivity contribution is -0.167. The first-order valence-electron chi connectivity index (χ1n) is 35.6. The summed E-state index contributed by atoms with van der Waals surface area (Å²) in [4.78, 5) is 38.4. The van der Waals surface area contributed by atoms with Gasteiger partial charge in [0.1, 0.15) is 13.2 Å². The van der Waals surface area contributed by atoms with Gasteiger partial charge in [0.15, 0.2) is 6.10 Å². The summed E-state index contributed by atoms with van der Waals surface area (Å²) in [5, 5.41) is 0. The van der Waals surface area contributed by atoms with E-state index in [1.165, 1.54) is 276 Å². The summed E-state index contributed by atoms with van der Waals surface area (Å²) in [5.41, 5.74) is 0. The average molecular weight is 1120 g/mol. The summed E-state index contributed by atoms with van der Waals surface area (Å²) in [6.07, 6.45) is 87.2. The Morgan fingerprint density at radius 1 is 0.250 bits per heavy atom. The molecule has 0 aliphatic heterocycles. The average Bonchev–Trinajstić information content (AvgIpc) is 3.46. The third-order valence-electron chi connectivity index (χ3n) is 16.0. The standard InChI is InChI=1S/C74H136O6/c1-4-7-10-13-16-19-22-25-27-29-31-32-33-34-35-36-37-38-39-40-41-42-43-45-46-49-52-55-58-61-64-67-73(76)79-70-71(69-78-72(75)66-63-60-57-54-51-48-24-21-18-15-12-9-6-3)80-74(77)68-65-62-59-56-53-50-47-44-30-28-26-23-20-17-14-11-8-5-2/h21-22,24-25,28-31,71H,4-20,23,26-27,32-70H2,1-3H3/b24-21-,25-22-,30-28-,31-29-. The molecule has 468 valence electrons. The lowest BCUT2D eigenvalue weighted by Crippen LogP contribution is -2.30. The number of hydrogen-bond donors (Lipinski definition) is 0. The highest BCUT2D eigenvalue weighted by molar-refractivity contribution is 5.71. The Balaban J connectivity index is 4.16. The molecule has 0 aliphatic rings. The maximum atomic E-state index is 12.9. The molecule has 0 aliphatic carbocycles. The summed E-state index contributed by atoms with van der Waals surface area (Å²) in [6, 6.07) is 0. The van der Waals surface area contributed by atoms with E-state index in [9.17, 15) is 14.4 Å². The van der Waals surface area contributed by atoms with Gasteiger partial charge in [0, 0.05) is 19.3 Å². The van der Waals surface area contributed by atoms with Gasteiger partial charge in [-0.25, -0.2) is 0 Å². The quantitative estimate of drug-likeness (QED) is 0.0261. The van der Waals surface area contributed by atoms with Crippen molar-refractivity contribution >= 4 is 17.9 Å². The normalized spacial score (nSPS) is 12.3. The van der Waals surface area contributed by atoms with Crippen LogP contribution in [0.2, 0.25) is 0 Å². The van der Waals surface area contributed by atoms with E-state index in [1.807, 2.05) is 0 Å². The smallest absolute Gasteiger partial charge is 0.306 e. The highest BCUT2D eigenvalue weighted by atomic mass is 16.6. The lowest BCUT2D eigenvalue weighted by Gasteiger charge is -2.18. The van der Waals surface area contributed by atoms with Crippen molar-refractivity contribution in [2.24, 2.45) is 0 Å². The summed E-state index contributed by atoms with van der Waals surface area (Å²) in [5.74, 6) is -0.862. The Bertz CT molecular complexity index is 1380. The maximum absolute atomic E-state index is 12.9. The van der Waals surface area contributed by atoms with Crippen LogP contribution in [-0.4, -0.2) is 37.2 Å². The van der Waals surface area contributed by atoms with Crippen LogP contribution in [0.15, 0.2) is 48.6 Å². The van der Waals surface area contributed by atoms with E-state index in [0.29, 0.717) is 19.3 Å². The third kappa shape index (κ3) is 66.2. The molecule has 0 radical (unpaired) electrons. The number of allylic oxidation sites excluding steroid dienone is 8. The lowest BCUT2D eigenvalue weighted by atomic mass is 10.0.